The first-order valence-corrected chi connectivity index (χ1v) is 5.46. The summed E-state index contributed by atoms with van der Waals surface area (Å²) < 4.78 is 5.18. The molecule has 1 rings (SSSR count). The van der Waals surface area contributed by atoms with Crippen molar-refractivity contribution in [2.75, 3.05) is 13.7 Å². The van der Waals surface area contributed by atoms with Gasteiger partial charge in [-0.25, -0.2) is 0 Å². The third-order valence-electron chi connectivity index (χ3n) is 2.59. The van der Waals surface area contributed by atoms with Crippen molar-refractivity contribution in [1.82, 2.24) is 0 Å². The average molecular weight is 221 g/mol. The van der Waals surface area contributed by atoms with Gasteiger partial charge in [0, 0.05) is 6.42 Å². The van der Waals surface area contributed by atoms with Crippen molar-refractivity contribution in [2.24, 2.45) is 11.7 Å². The first kappa shape index (κ1) is 12.7. The Morgan fingerprint density at radius 1 is 1.50 bits per heavy atom. The molecule has 2 N–H and O–H groups in total. The molecular weight excluding hydrogens is 202 g/mol. The quantitative estimate of drug-likeness (QED) is 0.775. The lowest BCUT2D eigenvalue weighted by atomic mass is 9.98. The van der Waals surface area contributed by atoms with Gasteiger partial charge in [0.15, 0.2) is 5.78 Å². The Balaban J connectivity index is 2.93. The van der Waals surface area contributed by atoms with Gasteiger partial charge in [0.05, 0.1) is 12.7 Å². The van der Waals surface area contributed by atoms with E-state index >= 15 is 0 Å². The summed E-state index contributed by atoms with van der Waals surface area (Å²) in [5.74, 6) is 0.941. The highest BCUT2D eigenvalue weighted by molar-refractivity contribution is 5.99. The minimum Gasteiger partial charge on any atom is -0.496 e. The first-order valence-electron chi connectivity index (χ1n) is 5.46. The third kappa shape index (κ3) is 3.07. The number of hydrogen-bond acceptors (Lipinski definition) is 3. The summed E-state index contributed by atoms with van der Waals surface area (Å²) in [5.41, 5.74) is 7.23. The monoisotopic (exact) mass is 221 g/mol. The number of methoxy groups -OCH3 is 1. The maximum absolute atomic E-state index is 12.0. The van der Waals surface area contributed by atoms with Gasteiger partial charge in [-0.05, 0) is 31.5 Å². The van der Waals surface area contributed by atoms with E-state index in [1.807, 2.05) is 32.0 Å². The number of nitrogens with two attached hydrogens (primary N) is 1. The normalized spacial score (nSPS) is 12.2. The molecule has 0 aliphatic rings. The molecule has 0 saturated heterocycles. The summed E-state index contributed by atoms with van der Waals surface area (Å²) in [7, 11) is 1.58. The van der Waals surface area contributed by atoms with Crippen LogP contribution in [0.2, 0.25) is 0 Å². The molecule has 3 heteroatoms. The fourth-order valence-corrected chi connectivity index (χ4v) is 1.55. The Hall–Kier alpha value is -1.35. The second-order valence-corrected chi connectivity index (χ2v) is 4.17. The van der Waals surface area contributed by atoms with Crippen LogP contribution >= 0.6 is 0 Å². The van der Waals surface area contributed by atoms with Crippen LogP contribution in [0, 0.1) is 12.8 Å². The number of ether oxygens (including phenoxy) is 1. The molecule has 3 nitrogen and oxygen atoms in total. The number of ketones is 1. The summed E-state index contributed by atoms with van der Waals surface area (Å²) in [5, 5.41) is 0. The van der Waals surface area contributed by atoms with Crippen molar-refractivity contribution >= 4 is 5.78 Å². The average Bonchev–Trinajstić information content (AvgIpc) is 2.28. The molecule has 0 aliphatic heterocycles. The molecule has 88 valence electrons. The summed E-state index contributed by atoms with van der Waals surface area (Å²) >= 11 is 0. The fourth-order valence-electron chi connectivity index (χ4n) is 1.55. The van der Waals surface area contributed by atoms with Crippen LogP contribution in [0.1, 0.15) is 29.3 Å². The maximum Gasteiger partial charge on any atom is 0.166 e. The second kappa shape index (κ2) is 5.66. The zero-order valence-electron chi connectivity index (χ0n) is 10.1. The molecule has 0 bridgehead atoms. The van der Waals surface area contributed by atoms with Crippen LogP contribution in [0.5, 0.6) is 5.75 Å². The number of carbonyl (C=O) groups excluding carboxylic acids is 1. The number of Topliss-reactive ketones (excluding diaryl/α,β-unsaturated/α-hetero) is 1. The van der Waals surface area contributed by atoms with E-state index in [1.165, 1.54) is 0 Å². The molecule has 0 aromatic heterocycles. The van der Waals surface area contributed by atoms with Crippen LogP contribution in [-0.2, 0) is 0 Å². The number of rotatable bonds is 5. The van der Waals surface area contributed by atoms with Crippen LogP contribution < -0.4 is 10.5 Å². The van der Waals surface area contributed by atoms with E-state index in [9.17, 15) is 4.79 Å². The van der Waals surface area contributed by atoms with Gasteiger partial charge in [-0.3, -0.25) is 4.79 Å². The lowest BCUT2D eigenvalue weighted by Crippen LogP contribution is -2.15. The highest BCUT2D eigenvalue weighted by Crippen LogP contribution is 2.22. The van der Waals surface area contributed by atoms with Crippen molar-refractivity contribution in [3.63, 3.8) is 0 Å². The van der Waals surface area contributed by atoms with Crippen molar-refractivity contribution in [3.8, 4) is 5.75 Å². The van der Waals surface area contributed by atoms with E-state index in [2.05, 4.69) is 0 Å². The Bertz CT molecular complexity index is 374. The Labute approximate surface area is 96.6 Å². The predicted molar refractivity (Wildman–Crippen MR) is 64.9 cm³/mol. The summed E-state index contributed by atoms with van der Waals surface area (Å²) in [6, 6.07) is 5.63. The van der Waals surface area contributed by atoms with Crippen molar-refractivity contribution < 1.29 is 9.53 Å². The standard InChI is InChI=1S/C13H19NO2/c1-9-4-5-13(16-3)11(6-9)12(15)7-10(2)8-14/h4-6,10H,7-8,14H2,1-3H3. The third-order valence-corrected chi connectivity index (χ3v) is 2.59. The highest BCUT2D eigenvalue weighted by atomic mass is 16.5. The molecule has 0 radical (unpaired) electrons. The van der Waals surface area contributed by atoms with E-state index in [0.29, 0.717) is 24.3 Å². The lowest BCUT2D eigenvalue weighted by Gasteiger charge is -2.11. The van der Waals surface area contributed by atoms with E-state index < -0.39 is 0 Å². The van der Waals surface area contributed by atoms with E-state index in [1.54, 1.807) is 7.11 Å². The second-order valence-electron chi connectivity index (χ2n) is 4.17. The molecule has 1 unspecified atom stereocenters. The van der Waals surface area contributed by atoms with Gasteiger partial charge in [-0.15, -0.1) is 0 Å². The Morgan fingerprint density at radius 2 is 2.19 bits per heavy atom. The molecule has 0 spiro atoms. The number of aryl methyl sites for hydroxylation is 1. The Kier molecular flexibility index (Phi) is 4.50. The zero-order chi connectivity index (χ0) is 12.1. The molecule has 0 fully saturated rings. The number of carbonyl (C=O) groups is 1. The minimum absolute atomic E-state index is 0.0958. The molecule has 1 aromatic carbocycles. The molecular formula is C13H19NO2. The SMILES string of the molecule is COc1ccc(C)cc1C(=O)CC(C)CN. The lowest BCUT2D eigenvalue weighted by molar-refractivity contribution is 0.0963. The summed E-state index contributed by atoms with van der Waals surface area (Å²) in [4.78, 5) is 12.0. The van der Waals surface area contributed by atoms with Crippen LogP contribution in [0.4, 0.5) is 0 Å². The van der Waals surface area contributed by atoms with Gasteiger partial charge in [0.2, 0.25) is 0 Å². The van der Waals surface area contributed by atoms with Crippen LogP contribution in [0.25, 0.3) is 0 Å². The Morgan fingerprint density at radius 3 is 2.75 bits per heavy atom. The van der Waals surface area contributed by atoms with Crippen LogP contribution in [-0.4, -0.2) is 19.4 Å². The van der Waals surface area contributed by atoms with Gasteiger partial charge in [-0.2, -0.15) is 0 Å². The largest absolute Gasteiger partial charge is 0.496 e. The highest BCUT2D eigenvalue weighted by Gasteiger charge is 2.14. The number of hydrogen-bond donors (Lipinski definition) is 1. The molecule has 1 atom stereocenters. The maximum atomic E-state index is 12.0. The van der Waals surface area contributed by atoms with Crippen molar-refractivity contribution in [2.45, 2.75) is 20.3 Å². The molecule has 0 amide bonds. The summed E-state index contributed by atoms with van der Waals surface area (Å²) in [6.45, 7) is 4.46. The van der Waals surface area contributed by atoms with Gasteiger partial charge in [-0.1, -0.05) is 18.6 Å². The molecule has 1 aromatic rings. The van der Waals surface area contributed by atoms with Crippen LogP contribution in [0.3, 0.4) is 0 Å². The molecule has 0 saturated carbocycles. The predicted octanol–water partition coefficient (Wildman–Crippen LogP) is 2.17. The molecule has 16 heavy (non-hydrogen) atoms. The smallest absolute Gasteiger partial charge is 0.166 e. The van der Waals surface area contributed by atoms with Gasteiger partial charge < -0.3 is 10.5 Å². The van der Waals surface area contributed by atoms with E-state index in [-0.39, 0.29) is 11.7 Å². The van der Waals surface area contributed by atoms with E-state index in [4.69, 9.17) is 10.5 Å². The molecule has 0 aliphatic carbocycles. The van der Waals surface area contributed by atoms with Gasteiger partial charge >= 0.3 is 0 Å². The topological polar surface area (TPSA) is 52.3 Å². The fraction of sp³-hybridized carbons (Fsp3) is 0.462. The summed E-state index contributed by atoms with van der Waals surface area (Å²) in [6.07, 6.45) is 0.469. The van der Waals surface area contributed by atoms with Crippen molar-refractivity contribution in [1.29, 1.82) is 0 Å². The zero-order valence-corrected chi connectivity index (χ0v) is 10.1. The van der Waals surface area contributed by atoms with E-state index in [0.717, 1.165) is 5.56 Å². The minimum atomic E-state index is 0.0958. The van der Waals surface area contributed by atoms with Crippen molar-refractivity contribution in [3.05, 3.63) is 29.3 Å². The molecule has 0 heterocycles. The van der Waals surface area contributed by atoms with Gasteiger partial charge in [0.25, 0.3) is 0 Å². The van der Waals surface area contributed by atoms with Crippen LogP contribution in [0.15, 0.2) is 18.2 Å². The first-order chi connectivity index (χ1) is 7.58. The number of benzene rings is 1. The van der Waals surface area contributed by atoms with Gasteiger partial charge in [0.1, 0.15) is 5.75 Å².